The maximum Gasteiger partial charge on any atom is 0.221 e. The number of rotatable bonds is 7. The van der Waals surface area contributed by atoms with Crippen molar-refractivity contribution in [3.8, 4) is 0 Å². The van der Waals surface area contributed by atoms with Crippen LogP contribution in [-0.4, -0.2) is 19.0 Å². The molecule has 108 valence electrons. The van der Waals surface area contributed by atoms with Crippen LogP contribution < -0.4 is 10.6 Å². The molecule has 0 unspecified atom stereocenters. The average molecular weight is 311 g/mol. The number of carbonyl (C=O) groups is 1. The van der Waals surface area contributed by atoms with Gasteiger partial charge in [0, 0.05) is 41.0 Å². The molecule has 2 rings (SSSR count). The van der Waals surface area contributed by atoms with Crippen molar-refractivity contribution in [1.29, 1.82) is 0 Å². The highest BCUT2D eigenvalue weighted by Crippen LogP contribution is 2.34. The van der Waals surface area contributed by atoms with Gasteiger partial charge in [-0.3, -0.25) is 4.79 Å². The molecule has 1 aromatic carbocycles. The Bertz CT molecular complexity index is 582. The minimum absolute atomic E-state index is 0.0989. The van der Waals surface area contributed by atoms with E-state index in [1.54, 1.807) is 11.3 Å². The summed E-state index contributed by atoms with van der Waals surface area (Å²) in [7, 11) is 0. The lowest BCUT2D eigenvalue weighted by Gasteiger charge is -2.04. The van der Waals surface area contributed by atoms with Crippen LogP contribution in [0.1, 0.15) is 24.6 Å². The molecule has 20 heavy (non-hydrogen) atoms. The third-order valence-corrected chi connectivity index (χ3v) is 4.70. The molecule has 5 heteroatoms. The van der Waals surface area contributed by atoms with E-state index >= 15 is 0 Å². The molecule has 0 saturated carbocycles. The van der Waals surface area contributed by atoms with Crippen molar-refractivity contribution in [3.05, 3.63) is 34.2 Å². The summed E-state index contributed by atoms with van der Waals surface area (Å²) in [5, 5.41) is 8.07. The maximum absolute atomic E-state index is 11.4. The first-order chi connectivity index (χ1) is 9.72. The van der Waals surface area contributed by atoms with Gasteiger partial charge in [-0.25, -0.2) is 0 Å². The van der Waals surface area contributed by atoms with Crippen molar-refractivity contribution in [1.82, 2.24) is 10.6 Å². The predicted octanol–water partition coefficient (Wildman–Crippen LogP) is 3.56. The van der Waals surface area contributed by atoms with Crippen molar-refractivity contribution in [3.63, 3.8) is 0 Å². The van der Waals surface area contributed by atoms with Crippen LogP contribution in [0, 0.1) is 0 Å². The zero-order valence-electron chi connectivity index (χ0n) is 11.5. The molecule has 0 aliphatic heterocycles. The number of thiophene rings is 1. The summed E-state index contributed by atoms with van der Waals surface area (Å²) >= 11 is 8.06. The summed E-state index contributed by atoms with van der Waals surface area (Å²) in [5.74, 6) is 0.0989. The predicted molar refractivity (Wildman–Crippen MR) is 86.5 cm³/mol. The molecule has 0 aliphatic carbocycles. The molecule has 2 aromatic rings. The second-order valence-electron chi connectivity index (χ2n) is 4.61. The summed E-state index contributed by atoms with van der Waals surface area (Å²) < 4.78 is 1.20. The monoisotopic (exact) mass is 310 g/mol. The van der Waals surface area contributed by atoms with E-state index < -0.39 is 0 Å². The van der Waals surface area contributed by atoms with E-state index in [0.717, 1.165) is 28.3 Å². The quantitative estimate of drug-likeness (QED) is 0.768. The lowest BCUT2D eigenvalue weighted by molar-refractivity contribution is -0.120. The molecule has 2 N–H and O–H groups in total. The van der Waals surface area contributed by atoms with Crippen LogP contribution >= 0.6 is 22.9 Å². The van der Waals surface area contributed by atoms with E-state index in [1.807, 2.05) is 25.1 Å². The molecule has 0 fully saturated rings. The van der Waals surface area contributed by atoms with Gasteiger partial charge in [-0.1, -0.05) is 36.7 Å². The van der Waals surface area contributed by atoms with Crippen molar-refractivity contribution >= 4 is 38.9 Å². The lowest BCUT2D eigenvalue weighted by Crippen LogP contribution is -2.27. The second kappa shape index (κ2) is 7.62. The first-order valence-corrected chi connectivity index (χ1v) is 8.05. The summed E-state index contributed by atoms with van der Waals surface area (Å²) in [5.41, 5.74) is 0. The Labute approximate surface area is 128 Å². The topological polar surface area (TPSA) is 41.1 Å². The summed E-state index contributed by atoms with van der Waals surface area (Å²) in [6.07, 6.45) is 1.47. The molecule has 0 saturated heterocycles. The molecule has 0 radical (unpaired) electrons. The Morgan fingerprint density at radius 3 is 2.85 bits per heavy atom. The molecule has 1 amide bonds. The van der Waals surface area contributed by atoms with Gasteiger partial charge in [-0.15, -0.1) is 11.3 Å². The van der Waals surface area contributed by atoms with Crippen LogP contribution in [0.15, 0.2) is 24.3 Å². The smallest absolute Gasteiger partial charge is 0.221 e. The van der Waals surface area contributed by atoms with E-state index in [2.05, 4.69) is 16.7 Å². The fourth-order valence-electron chi connectivity index (χ4n) is 1.94. The van der Waals surface area contributed by atoms with E-state index in [4.69, 9.17) is 11.6 Å². The third kappa shape index (κ3) is 3.95. The Hall–Kier alpha value is -1.10. The Morgan fingerprint density at radius 1 is 1.30 bits per heavy atom. The maximum atomic E-state index is 11.4. The average Bonchev–Trinajstić information content (AvgIpc) is 2.78. The zero-order chi connectivity index (χ0) is 14.4. The van der Waals surface area contributed by atoms with Crippen LogP contribution in [0.4, 0.5) is 0 Å². The molecule has 0 aliphatic rings. The normalized spacial score (nSPS) is 10.9. The van der Waals surface area contributed by atoms with Gasteiger partial charge >= 0.3 is 0 Å². The number of fused-ring (bicyclic) bond motifs is 1. The molecular weight excluding hydrogens is 292 g/mol. The van der Waals surface area contributed by atoms with Gasteiger partial charge in [-0.2, -0.15) is 0 Å². The number of hydrogen-bond donors (Lipinski definition) is 2. The highest BCUT2D eigenvalue weighted by molar-refractivity contribution is 7.19. The Kier molecular flexibility index (Phi) is 5.83. The lowest BCUT2D eigenvalue weighted by atomic mass is 10.2. The molecule has 3 nitrogen and oxygen atoms in total. The van der Waals surface area contributed by atoms with Gasteiger partial charge in [0.25, 0.3) is 0 Å². The van der Waals surface area contributed by atoms with Gasteiger partial charge in [0.2, 0.25) is 5.91 Å². The first kappa shape index (κ1) is 15.3. The van der Waals surface area contributed by atoms with E-state index in [9.17, 15) is 4.79 Å². The second-order valence-corrected chi connectivity index (χ2v) is 6.13. The molecule has 0 atom stereocenters. The Balaban J connectivity index is 1.81. The summed E-state index contributed by atoms with van der Waals surface area (Å²) in [6.45, 7) is 4.17. The van der Waals surface area contributed by atoms with Crippen molar-refractivity contribution < 1.29 is 4.79 Å². The Morgan fingerprint density at radius 2 is 2.10 bits per heavy atom. The SMILES string of the molecule is CCCNC(=O)CCNCc1sc2ccccc2c1Cl. The summed E-state index contributed by atoms with van der Waals surface area (Å²) in [4.78, 5) is 12.6. The van der Waals surface area contributed by atoms with Crippen LogP contribution in [0.3, 0.4) is 0 Å². The number of halogens is 1. The minimum Gasteiger partial charge on any atom is -0.356 e. The van der Waals surface area contributed by atoms with Crippen molar-refractivity contribution in [2.24, 2.45) is 0 Å². The first-order valence-electron chi connectivity index (χ1n) is 6.85. The van der Waals surface area contributed by atoms with E-state index in [-0.39, 0.29) is 5.91 Å². The molecule has 0 spiro atoms. The van der Waals surface area contributed by atoms with E-state index in [0.29, 0.717) is 19.5 Å². The van der Waals surface area contributed by atoms with Gasteiger partial charge in [-0.05, 0) is 12.5 Å². The molecule has 0 bridgehead atoms. The van der Waals surface area contributed by atoms with Crippen LogP contribution in [0.25, 0.3) is 10.1 Å². The van der Waals surface area contributed by atoms with Crippen molar-refractivity contribution in [2.45, 2.75) is 26.3 Å². The fraction of sp³-hybridized carbons (Fsp3) is 0.400. The van der Waals surface area contributed by atoms with Gasteiger partial charge < -0.3 is 10.6 Å². The third-order valence-electron chi connectivity index (χ3n) is 2.99. The number of carbonyl (C=O) groups excluding carboxylic acids is 1. The summed E-state index contributed by atoms with van der Waals surface area (Å²) in [6, 6.07) is 8.13. The number of nitrogens with one attached hydrogen (secondary N) is 2. The zero-order valence-corrected chi connectivity index (χ0v) is 13.1. The minimum atomic E-state index is 0.0989. The van der Waals surface area contributed by atoms with Crippen molar-refractivity contribution in [2.75, 3.05) is 13.1 Å². The van der Waals surface area contributed by atoms with Gasteiger partial charge in [0.15, 0.2) is 0 Å². The van der Waals surface area contributed by atoms with E-state index in [1.165, 1.54) is 4.70 Å². The number of hydrogen-bond acceptors (Lipinski definition) is 3. The molecular formula is C15H19ClN2OS. The highest BCUT2D eigenvalue weighted by Gasteiger charge is 2.09. The van der Waals surface area contributed by atoms with Crippen LogP contribution in [0.2, 0.25) is 5.02 Å². The number of amides is 1. The molecule has 1 aromatic heterocycles. The number of benzene rings is 1. The van der Waals surface area contributed by atoms with Crippen LogP contribution in [-0.2, 0) is 11.3 Å². The standard InChI is InChI=1S/C15H19ClN2OS/c1-2-8-18-14(19)7-9-17-10-13-15(16)11-5-3-4-6-12(11)20-13/h3-6,17H,2,7-10H2,1H3,(H,18,19). The fourth-order valence-corrected chi connectivity index (χ4v) is 3.40. The largest absolute Gasteiger partial charge is 0.356 e. The van der Waals surface area contributed by atoms with Gasteiger partial charge in [0.05, 0.1) is 5.02 Å². The van der Waals surface area contributed by atoms with Gasteiger partial charge in [0.1, 0.15) is 0 Å². The highest BCUT2D eigenvalue weighted by atomic mass is 35.5. The van der Waals surface area contributed by atoms with Crippen LogP contribution in [0.5, 0.6) is 0 Å². The molecule has 1 heterocycles.